The van der Waals surface area contributed by atoms with Crippen LogP contribution in [-0.2, 0) is 0 Å². The Labute approximate surface area is 97.4 Å². The van der Waals surface area contributed by atoms with Crippen LogP contribution in [0.15, 0.2) is 64.3 Å². The lowest BCUT2D eigenvalue weighted by Crippen LogP contribution is -2.04. The predicted molar refractivity (Wildman–Crippen MR) is 65.7 cm³/mol. The molecule has 0 N–H and O–H groups in total. The van der Waals surface area contributed by atoms with E-state index in [1.54, 1.807) is 12.3 Å². The molecular formula is C14H9NO2. The van der Waals surface area contributed by atoms with Gasteiger partial charge in [0.15, 0.2) is 0 Å². The summed E-state index contributed by atoms with van der Waals surface area (Å²) in [4.78, 5) is 16.2. The van der Waals surface area contributed by atoms with E-state index in [4.69, 9.17) is 4.42 Å². The summed E-state index contributed by atoms with van der Waals surface area (Å²) in [6.07, 6.45) is 4.64. The predicted octanol–water partition coefficient (Wildman–Crippen LogP) is 2.86. The highest BCUT2D eigenvalue weighted by atomic mass is 16.3. The van der Waals surface area contributed by atoms with Crippen molar-refractivity contribution >= 4 is 11.0 Å². The van der Waals surface area contributed by atoms with Gasteiger partial charge in [-0.2, -0.15) is 0 Å². The van der Waals surface area contributed by atoms with Gasteiger partial charge in [0.05, 0.1) is 10.9 Å². The highest BCUT2D eigenvalue weighted by Crippen LogP contribution is 2.18. The van der Waals surface area contributed by atoms with Crippen LogP contribution in [0.3, 0.4) is 0 Å². The van der Waals surface area contributed by atoms with Crippen LogP contribution < -0.4 is 5.43 Å². The molecule has 0 unspecified atom stereocenters. The van der Waals surface area contributed by atoms with E-state index in [9.17, 15) is 4.79 Å². The van der Waals surface area contributed by atoms with Gasteiger partial charge in [-0.3, -0.25) is 9.78 Å². The van der Waals surface area contributed by atoms with Crippen molar-refractivity contribution in [1.29, 1.82) is 0 Å². The molecule has 3 heteroatoms. The lowest BCUT2D eigenvalue weighted by atomic mass is 10.1. The van der Waals surface area contributed by atoms with Gasteiger partial charge in [-0.25, -0.2) is 0 Å². The van der Waals surface area contributed by atoms with E-state index < -0.39 is 0 Å². The summed E-state index contributed by atoms with van der Waals surface area (Å²) in [6.45, 7) is 0. The summed E-state index contributed by atoms with van der Waals surface area (Å²) in [5.74, 6) is 0. The standard InChI is InChI=1S/C14H9NO2/c16-14-11-8-15-7-6-13(11)17-9-12(14)10-4-2-1-3-5-10/h1-9H. The quantitative estimate of drug-likeness (QED) is 0.637. The van der Waals surface area contributed by atoms with Gasteiger partial charge in [0.1, 0.15) is 11.8 Å². The molecule has 0 saturated carbocycles. The Morgan fingerprint density at radius 3 is 2.71 bits per heavy atom. The zero-order valence-electron chi connectivity index (χ0n) is 8.96. The SMILES string of the molecule is O=c1c(-c2ccccc2)coc2ccncc12. The molecule has 0 saturated heterocycles. The Morgan fingerprint density at radius 1 is 1.06 bits per heavy atom. The minimum Gasteiger partial charge on any atom is -0.463 e. The maximum atomic E-state index is 12.2. The third-order valence-electron chi connectivity index (χ3n) is 2.66. The third kappa shape index (κ3) is 1.61. The van der Waals surface area contributed by atoms with Crippen LogP contribution in [-0.4, -0.2) is 4.98 Å². The molecule has 0 aliphatic rings. The smallest absolute Gasteiger partial charge is 0.202 e. The van der Waals surface area contributed by atoms with Crippen molar-refractivity contribution < 1.29 is 4.42 Å². The molecule has 82 valence electrons. The normalized spacial score (nSPS) is 10.6. The van der Waals surface area contributed by atoms with Crippen LogP contribution >= 0.6 is 0 Å². The molecule has 0 atom stereocenters. The van der Waals surface area contributed by atoms with Crippen molar-refractivity contribution in [1.82, 2.24) is 4.98 Å². The Hall–Kier alpha value is -2.42. The first-order chi connectivity index (χ1) is 8.36. The van der Waals surface area contributed by atoms with Crippen LogP contribution in [0.4, 0.5) is 0 Å². The van der Waals surface area contributed by atoms with Crippen molar-refractivity contribution in [3.63, 3.8) is 0 Å². The van der Waals surface area contributed by atoms with E-state index in [2.05, 4.69) is 4.98 Å². The largest absolute Gasteiger partial charge is 0.463 e. The van der Waals surface area contributed by atoms with E-state index >= 15 is 0 Å². The zero-order valence-corrected chi connectivity index (χ0v) is 8.96. The van der Waals surface area contributed by atoms with Crippen molar-refractivity contribution in [2.45, 2.75) is 0 Å². The molecule has 0 fully saturated rings. The number of benzene rings is 1. The second-order valence-corrected chi connectivity index (χ2v) is 3.72. The zero-order chi connectivity index (χ0) is 11.7. The first-order valence-corrected chi connectivity index (χ1v) is 5.27. The minimum absolute atomic E-state index is 0.0504. The van der Waals surface area contributed by atoms with E-state index in [0.29, 0.717) is 16.5 Å². The molecule has 17 heavy (non-hydrogen) atoms. The van der Waals surface area contributed by atoms with Gasteiger partial charge < -0.3 is 4.42 Å². The molecule has 0 aliphatic carbocycles. The summed E-state index contributed by atoms with van der Waals surface area (Å²) >= 11 is 0. The van der Waals surface area contributed by atoms with Crippen molar-refractivity contribution in [2.24, 2.45) is 0 Å². The maximum absolute atomic E-state index is 12.2. The fourth-order valence-corrected chi connectivity index (χ4v) is 1.79. The number of nitrogens with zero attached hydrogens (tertiary/aromatic N) is 1. The van der Waals surface area contributed by atoms with E-state index in [0.717, 1.165) is 5.56 Å². The van der Waals surface area contributed by atoms with E-state index in [-0.39, 0.29) is 5.43 Å². The molecule has 3 aromatic rings. The Kier molecular flexibility index (Phi) is 2.22. The van der Waals surface area contributed by atoms with Crippen molar-refractivity contribution in [3.8, 4) is 11.1 Å². The summed E-state index contributed by atoms with van der Waals surface area (Å²) in [7, 11) is 0. The van der Waals surface area contributed by atoms with Crippen LogP contribution in [0, 0.1) is 0 Å². The van der Waals surface area contributed by atoms with Crippen molar-refractivity contribution in [3.05, 3.63) is 65.3 Å². The number of pyridine rings is 1. The lowest BCUT2D eigenvalue weighted by molar-refractivity contribution is 0.604. The van der Waals surface area contributed by atoms with Gasteiger partial charge >= 0.3 is 0 Å². The van der Waals surface area contributed by atoms with Crippen LogP contribution in [0.2, 0.25) is 0 Å². The summed E-state index contributed by atoms with van der Waals surface area (Å²) in [5.41, 5.74) is 1.92. The fourth-order valence-electron chi connectivity index (χ4n) is 1.79. The highest BCUT2D eigenvalue weighted by Gasteiger charge is 2.07. The summed E-state index contributed by atoms with van der Waals surface area (Å²) in [6, 6.07) is 11.1. The Bertz CT molecular complexity index is 717. The van der Waals surface area contributed by atoms with Crippen LogP contribution in [0.25, 0.3) is 22.1 Å². The first-order valence-electron chi connectivity index (χ1n) is 5.27. The average Bonchev–Trinajstić information content (AvgIpc) is 2.40. The van der Waals surface area contributed by atoms with Gasteiger partial charge in [0, 0.05) is 12.4 Å². The molecule has 3 rings (SSSR count). The molecule has 2 aromatic heterocycles. The van der Waals surface area contributed by atoms with Crippen molar-refractivity contribution in [2.75, 3.05) is 0 Å². The molecule has 3 nitrogen and oxygen atoms in total. The number of aromatic nitrogens is 1. The maximum Gasteiger partial charge on any atom is 0.202 e. The van der Waals surface area contributed by atoms with Gasteiger partial charge in [0.25, 0.3) is 0 Å². The molecule has 2 heterocycles. The molecule has 0 spiro atoms. The first kappa shape index (κ1) is 9.78. The van der Waals surface area contributed by atoms with E-state index in [1.165, 1.54) is 12.5 Å². The molecule has 0 radical (unpaired) electrons. The minimum atomic E-state index is -0.0504. The molecule has 0 amide bonds. The van der Waals surface area contributed by atoms with Gasteiger partial charge in [0.2, 0.25) is 5.43 Å². The van der Waals surface area contributed by atoms with Gasteiger partial charge in [-0.1, -0.05) is 30.3 Å². The van der Waals surface area contributed by atoms with Crippen LogP contribution in [0.1, 0.15) is 0 Å². The van der Waals surface area contributed by atoms with Gasteiger partial charge in [-0.15, -0.1) is 0 Å². The molecule has 0 bridgehead atoms. The van der Waals surface area contributed by atoms with Crippen LogP contribution in [0.5, 0.6) is 0 Å². The molecule has 0 aliphatic heterocycles. The number of hydrogen-bond donors (Lipinski definition) is 0. The monoisotopic (exact) mass is 223 g/mol. The Morgan fingerprint density at radius 2 is 1.88 bits per heavy atom. The molecule has 1 aromatic carbocycles. The third-order valence-corrected chi connectivity index (χ3v) is 2.66. The second kappa shape index (κ2) is 3.87. The molecular weight excluding hydrogens is 214 g/mol. The Balaban J connectivity index is 2.33. The summed E-state index contributed by atoms with van der Waals surface area (Å²) in [5, 5.41) is 0.508. The average molecular weight is 223 g/mol. The second-order valence-electron chi connectivity index (χ2n) is 3.72. The fraction of sp³-hybridized carbons (Fsp3) is 0. The number of rotatable bonds is 1. The number of fused-ring (bicyclic) bond motifs is 1. The lowest BCUT2D eigenvalue weighted by Gasteiger charge is -2.01. The topological polar surface area (TPSA) is 43.1 Å². The van der Waals surface area contributed by atoms with Gasteiger partial charge in [-0.05, 0) is 11.6 Å². The highest BCUT2D eigenvalue weighted by molar-refractivity contribution is 5.80. The van der Waals surface area contributed by atoms with E-state index in [1.807, 2.05) is 30.3 Å². The number of hydrogen-bond acceptors (Lipinski definition) is 3. The summed E-state index contributed by atoms with van der Waals surface area (Å²) < 4.78 is 5.44.